The van der Waals surface area contributed by atoms with E-state index >= 15 is 0 Å². The van der Waals surface area contributed by atoms with Crippen LogP contribution in [0.4, 0.5) is 0 Å². The molecule has 1 saturated heterocycles. The number of likely N-dealkylation sites (tertiary alicyclic amines) is 1. The van der Waals surface area contributed by atoms with Gasteiger partial charge in [-0.05, 0) is 43.6 Å². The van der Waals surface area contributed by atoms with Crippen LogP contribution in [0.3, 0.4) is 0 Å². The van der Waals surface area contributed by atoms with Gasteiger partial charge in [0.05, 0.1) is 0 Å². The molecule has 0 radical (unpaired) electrons. The lowest BCUT2D eigenvalue weighted by molar-refractivity contribution is 0.151. The molecule has 4 rings (SSSR count). The Morgan fingerprint density at radius 2 is 2.04 bits per heavy atom. The third kappa shape index (κ3) is 4.88. The average molecular weight is 493 g/mol. The Morgan fingerprint density at radius 3 is 2.71 bits per heavy atom. The van der Waals surface area contributed by atoms with Crippen molar-refractivity contribution in [2.75, 3.05) is 19.6 Å². The number of guanidine groups is 1. The van der Waals surface area contributed by atoms with Crippen molar-refractivity contribution in [1.82, 2.24) is 19.8 Å². The Labute approximate surface area is 185 Å². The summed E-state index contributed by atoms with van der Waals surface area (Å²) in [4.78, 5) is 11.9. The highest BCUT2D eigenvalue weighted by Gasteiger charge is 2.43. The number of aryl methyl sites for hydroxylation is 2. The summed E-state index contributed by atoms with van der Waals surface area (Å²) in [7, 11) is 0. The van der Waals surface area contributed by atoms with E-state index in [1.165, 1.54) is 37.8 Å². The van der Waals surface area contributed by atoms with Gasteiger partial charge in [-0.15, -0.1) is 24.0 Å². The first kappa shape index (κ1) is 21.1. The Hall–Kier alpha value is -1.57. The summed E-state index contributed by atoms with van der Waals surface area (Å²) < 4.78 is 2.23. The van der Waals surface area contributed by atoms with Gasteiger partial charge in [0.25, 0.3) is 0 Å². The molecule has 5 nitrogen and oxygen atoms in total. The van der Waals surface area contributed by atoms with Crippen molar-refractivity contribution >= 4 is 29.9 Å². The van der Waals surface area contributed by atoms with Crippen molar-refractivity contribution in [3.63, 3.8) is 0 Å². The number of nitrogens with one attached hydrogen (secondary N) is 1. The molecule has 28 heavy (non-hydrogen) atoms. The molecule has 1 saturated carbocycles. The maximum Gasteiger partial charge on any atom is 0.194 e. The third-order valence-corrected chi connectivity index (χ3v) is 6.14. The molecule has 6 heteroatoms. The number of halogens is 1. The summed E-state index contributed by atoms with van der Waals surface area (Å²) in [5.41, 5.74) is 1.95. The highest BCUT2D eigenvalue weighted by molar-refractivity contribution is 14.0. The summed E-state index contributed by atoms with van der Waals surface area (Å²) in [6.07, 6.45) is 10.5. The number of aliphatic imine (C=N–C) groups is 1. The van der Waals surface area contributed by atoms with Crippen LogP contribution in [0, 0.1) is 5.41 Å². The zero-order valence-electron chi connectivity index (χ0n) is 16.8. The molecule has 0 bridgehead atoms. The lowest BCUT2D eigenvalue weighted by atomic mass is 9.68. The van der Waals surface area contributed by atoms with Crippen LogP contribution in [0.15, 0.2) is 47.7 Å². The number of rotatable bonds is 6. The zero-order chi connectivity index (χ0) is 18.5. The molecule has 1 aliphatic heterocycles. The van der Waals surface area contributed by atoms with Crippen molar-refractivity contribution in [2.24, 2.45) is 10.4 Å². The Balaban J connectivity index is 0.00000225. The molecule has 2 aliphatic rings. The van der Waals surface area contributed by atoms with Crippen LogP contribution in [0.5, 0.6) is 0 Å². The molecule has 0 amide bonds. The molecule has 1 aromatic heterocycles. The Bertz CT molecular complexity index is 766. The molecule has 152 valence electrons. The predicted molar refractivity (Wildman–Crippen MR) is 125 cm³/mol. The summed E-state index contributed by atoms with van der Waals surface area (Å²) in [6.45, 7) is 6.93. The Kier molecular flexibility index (Phi) is 7.37. The highest BCUT2D eigenvalue weighted by Crippen LogP contribution is 2.47. The highest BCUT2D eigenvalue weighted by atomic mass is 127. The topological polar surface area (TPSA) is 45.5 Å². The van der Waals surface area contributed by atoms with Crippen LogP contribution in [0.1, 0.15) is 44.0 Å². The van der Waals surface area contributed by atoms with Gasteiger partial charge in [0.15, 0.2) is 5.96 Å². The molecule has 1 spiro atoms. The maximum absolute atomic E-state index is 4.93. The van der Waals surface area contributed by atoms with Crippen LogP contribution < -0.4 is 5.32 Å². The molecular formula is C22H32IN5. The van der Waals surface area contributed by atoms with Crippen LogP contribution in [0.2, 0.25) is 0 Å². The van der Waals surface area contributed by atoms with Gasteiger partial charge in [-0.25, -0.2) is 9.98 Å². The van der Waals surface area contributed by atoms with Gasteiger partial charge in [-0.2, -0.15) is 0 Å². The van der Waals surface area contributed by atoms with E-state index in [9.17, 15) is 0 Å². The van der Waals surface area contributed by atoms with E-state index in [0.29, 0.717) is 12.0 Å². The number of aromatic nitrogens is 2. The average Bonchev–Trinajstić information content (AvgIpc) is 3.31. The van der Waals surface area contributed by atoms with Gasteiger partial charge >= 0.3 is 0 Å². The first-order valence-electron chi connectivity index (χ1n) is 10.4. The molecule has 2 aromatic rings. The molecule has 1 aliphatic carbocycles. The number of hydrogen-bond acceptors (Lipinski definition) is 2. The van der Waals surface area contributed by atoms with Crippen LogP contribution in [0.25, 0.3) is 0 Å². The third-order valence-electron chi connectivity index (χ3n) is 6.14. The van der Waals surface area contributed by atoms with E-state index < -0.39 is 0 Å². The minimum atomic E-state index is 0. The van der Waals surface area contributed by atoms with Crippen molar-refractivity contribution in [1.29, 1.82) is 0 Å². The lowest BCUT2D eigenvalue weighted by Crippen LogP contribution is -2.42. The fourth-order valence-electron chi connectivity index (χ4n) is 4.36. The molecule has 1 N–H and O–H groups in total. The number of nitrogens with zero attached hydrogens (tertiary/aromatic N) is 4. The van der Waals surface area contributed by atoms with Crippen molar-refractivity contribution in [3.05, 3.63) is 54.1 Å². The fraction of sp³-hybridized carbons (Fsp3) is 0.545. The zero-order valence-corrected chi connectivity index (χ0v) is 19.1. The molecule has 2 heterocycles. The minimum Gasteiger partial charge on any atom is -0.357 e. The van der Waals surface area contributed by atoms with Gasteiger partial charge in [-0.1, -0.05) is 36.8 Å². The van der Waals surface area contributed by atoms with Gasteiger partial charge in [0, 0.05) is 38.6 Å². The molecule has 0 atom stereocenters. The second-order valence-electron chi connectivity index (χ2n) is 7.97. The molecule has 0 unspecified atom stereocenters. The summed E-state index contributed by atoms with van der Waals surface area (Å²) >= 11 is 0. The smallest absolute Gasteiger partial charge is 0.194 e. The number of imidazole rings is 1. The van der Waals surface area contributed by atoms with Crippen molar-refractivity contribution in [3.8, 4) is 0 Å². The second kappa shape index (κ2) is 9.76. The maximum atomic E-state index is 4.93. The van der Waals surface area contributed by atoms with E-state index in [-0.39, 0.29) is 24.0 Å². The lowest BCUT2D eigenvalue weighted by Gasteiger charge is -2.38. The fourth-order valence-corrected chi connectivity index (χ4v) is 4.36. The normalized spacial score (nSPS) is 18.0. The standard InChI is InChI=1S/C22H31N5.HI/c1-2-23-21(27-15-12-22(18-27)10-6-11-22)25-17-20-24-13-16-26(20)14-9-19-7-4-3-5-8-19;/h3-5,7-8,13,16H,2,6,9-12,14-15,17-18H2,1H3,(H,23,25);1H. The predicted octanol–water partition coefficient (Wildman–Crippen LogP) is 4.09. The van der Waals surface area contributed by atoms with E-state index in [1.807, 2.05) is 6.20 Å². The van der Waals surface area contributed by atoms with Crippen LogP contribution in [-0.4, -0.2) is 40.0 Å². The number of benzene rings is 1. The summed E-state index contributed by atoms with van der Waals surface area (Å²) in [5, 5.41) is 3.49. The Morgan fingerprint density at radius 1 is 1.21 bits per heavy atom. The largest absolute Gasteiger partial charge is 0.357 e. The van der Waals surface area contributed by atoms with Crippen molar-refractivity contribution < 1.29 is 0 Å². The van der Waals surface area contributed by atoms with E-state index in [1.54, 1.807) is 0 Å². The SMILES string of the molecule is CCNC(=NCc1nccn1CCc1ccccc1)N1CCC2(CCC2)C1.I. The van der Waals surface area contributed by atoms with Crippen LogP contribution >= 0.6 is 24.0 Å². The van der Waals surface area contributed by atoms with E-state index in [4.69, 9.17) is 4.99 Å². The van der Waals surface area contributed by atoms with E-state index in [0.717, 1.165) is 37.8 Å². The molecular weight excluding hydrogens is 461 g/mol. The van der Waals surface area contributed by atoms with Crippen LogP contribution in [-0.2, 0) is 19.5 Å². The second-order valence-corrected chi connectivity index (χ2v) is 7.97. The van der Waals surface area contributed by atoms with Crippen molar-refractivity contribution in [2.45, 2.75) is 52.1 Å². The van der Waals surface area contributed by atoms with Gasteiger partial charge < -0.3 is 14.8 Å². The van der Waals surface area contributed by atoms with E-state index in [2.05, 4.69) is 63.2 Å². The minimum absolute atomic E-state index is 0. The van der Waals surface area contributed by atoms with Gasteiger partial charge in [0.2, 0.25) is 0 Å². The molecule has 1 aromatic carbocycles. The summed E-state index contributed by atoms with van der Waals surface area (Å²) in [5.74, 6) is 2.10. The monoisotopic (exact) mass is 493 g/mol. The van der Waals surface area contributed by atoms with Gasteiger partial charge in [0.1, 0.15) is 12.4 Å². The quantitative estimate of drug-likeness (QED) is 0.375. The summed E-state index contributed by atoms with van der Waals surface area (Å²) in [6, 6.07) is 10.6. The first-order valence-corrected chi connectivity index (χ1v) is 10.4. The first-order chi connectivity index (χ1) is 13.3. The number of hydrogen-bond donors (Lipinski definition) is 1. The molecule has 2 fully saturated rings. The van der Waals surface area contributed by atoms with Gasteiger partial charge in [-0.3, -0.25) is 0 Å².